The zero-order valence-electron chi connectivity index (χ0n) is 10.7. The molecule has 6 N–H and O–H groups in total. The van der Waals surface area contributed by atoms with E-state index in [1.807, 2.05) is 6.92 Å². The van der Waals surface area contributed by atoms with E-state index in [1.165, 1.54) is 0 Å². The average Bonchev–Trinajstić information content (AvgIpc) is 2.33. The molecule has 0 unspecified atom stereocenters. The molecule has 104 valence electrons. The zero-order chi connectivity index (χ0) is 14.3. The van der Waals surface area contributed by atoms with Gasteiger partial charge < -0.3 is 21.9 Å². The molecule has 0 fully saturated rings. The molecule has 0 aliphatic rings. The molecule has 0 aromatic heterocycles. The van der Waals surface area contributed by atoms with Crippen molar-refractivity contribution in [2.24, 2.45) is 23.1 Å². The lowest BCUT2D eigenvalue weighted by atomic mass is 10.0. The van der Waals surface area contributed by atoms with E-state index in [0.29, 0.717) is 6.42 Å². The topological polar surface area (TPSA) is 138 Å². The molecule has 0 aromatic carbocycles. The van der Waals surface area contributed by atoms with Crippen LogP contribution in [0.1, 0.15) is 33.1 Å². The lowest BCUT2D eigenvalue weighted by Gasteiger charge is -2.17. The fourth-order valence-electron chi connectivity index (χ4n) is 1.14. The van der Waals surface area contributed by atoms with Gasteiger partial charge in [0.25, 0.3) is 0 Å². The Labute approximate surface area is 106 Å². The van der Waals surface area contributed by atoms with Gasteiger partial charge in [-0.15, -0.1) is 0 Å². The third-order valence-corrected chi connectivity index (χ3v) is 2.73. The highest BCUT2D eigenvalue weighted by Crippen LogP contribution is 2.07. The Bertz CT molecular complexity index is 319. The molecular formula is C11H21N3O4. The minimum absolute atomic E-state index is 0.0398. The largest absolute Gasteiger partial charge is 0.391 e. The van der Waals surface area contributed by atoms with Gasteiger partial charge in [0.05, 0.1) is 0 Å². The first-order valence-electron chi connectivity index (χ1n) is 5.84. The minimum atomic E-state index is -1.05. The molecule has 18 heavy (non-hydrogen) atoms. The van der Waals surface area contributed by atoms with Crippen LogP contribution in [-0.2, 0) is 19.1 Å². The van der Waals surface area contributed by atoms with Crippen molar-refractivity contribution in [3.05, 3.63) is 0 Å². The van der Waals surface area contributed by atoms with Crippen molar-refractivity contribution < 1.29 is 19.1 Å². The summed E-state index contributed by atoms with van der Waals surface area (Å²) in [7, 11) is 0. The van der Waals surface area contributed by atoms with Gasteiger partial charge in [0.15, 0.2) is 0 Å². The fraction of sp³-hybridized carbons (Fsp3) is 0.727. The number of hydrogen-bond donors (Lipinski definition) is 3. The number of ether oxygens (including phenoxy) is 1. The second kappa shape index (κ2) is 7.78. The molecule has 7 nitrogen and oxygen atoms in total. The SMILES string of the molecule is CC[C@H](C)[C@H](N)C(=O)OC(=O)[C@@H](N)CCC(N)=O. The Balaban J connectivity index is 4.22. The quantitative estimate of drug-likeness (QED) is 0.397. The van der Waals surface area contributed by atoms with Gasteiger partial charge in [-0.3, -0.25) is 4.79 Å². The highest BCUT2D eigenvalue weighted by atomic mass is 16.6. The van der Waals surface area contributed by atoms with E-state index in [0.717, 1.165) is 0 Å². The second-order valence-corrected chi connectivity index (χ2v) is 4.26. The average molecular weight is 259 g/mol. The van der Waals surface area contributed by atoms with E-state index in [4.69, 9.17) is 17.2 Å². The monoisotopic (exact) mass is 259 g/mol. The van der Waals surface area contributed by atoms with Gasteiger partial charge in [-0.25, -0.2) is 9.59 Å². The minimum Gasteiger partial charge on any atom is -0.391 e. The predicted molar refractivity (Wildman–Crippen MR) is 64.9 cm³/mol. The normalized spacial score (nSPS) is 15.6. The van der Waals surface area contributed by atoms with Crippen LogP contribution in [0, 0.1) is 5.92 Å². The van der Waals surface area contributed by atoms with E-state index in [1.54, 1.807) is 6.92 Å². The van der Waals surface area contributed by atoms with Crippen molar-refractivity contribution in [2.75, 3.05) is 0 Å². The van der Waals surface area contributed by atoms with Crippen molar-refractivity contribution in [1.82, 2.24) is 0 Å². The van der Waals surface area contributed by atoms with Crippen LogP contribution in [0.4, 0.5) is 0 Å². The molecule has 0 radical (unpaired) electrons. The smallest absolute Gasteiger partial charge is 0.330 e. The number of hydrogen-bond acceptors (Lipinski definition) is 6. The van der Waals surface area contributed by atoms with Crippen molar-refractivity contribution in [1.29, 1.82) is 0 Å². The van der Waals surface area contributed by atoms with Gasteiger partial charge in [0.2, 0.25) is 5.91 Å². The summed E-state index contributed by atoms with van der Waals surface area (Å²) in [4.78, 5) is 33.4. The van der Waals surface area contributed by atoms with Crippen molar-refractivity contribution in [3.63, 3.8) is 0 Å². The Hall–Kier alpha value is -1.47. The Morgan fingerprint density at radius 3 is 2.17 bits per heavy atom. The summed E-state index contributed by atoms with van der Waals surface area (Å²) in [6.45, 7) is 3.65. The number of nitrogens with two attached hydrogens (primary N) is 3. The molecule has 0 saturated carbocycles. The summed E-state index contributed by atoms with van der Waals surface area (Å²) < 4.78 is 4.55. The Morgan fingerprint density at radius 1 is 1.17 bits per heavy atom. The molecule has 7 heteroatoms. The first-order chi connectivity index (χ1) is 8.29. The maximum Gasteiger partial charge on any atom is 0.330 e. The number of esters is 2. The first kappa shape index (κ1) is 16.5. The summed E-state index contributed by atoms with van der Waals surface area (Å²) in [6, 6.07) is -1.91. The summed E-state index contributed by atoms with van der Waals surface area (Å²) in [5.74, 6) is -2.35. The third kappa shape index (κ3) is 5.74. The van der Waals surface area contributed by atoms with Gasteiger partial charge in [0, 0.05) is 6.42 Å². The summed E-state index contributed by atoms with van der Waals surface area (Å²) >= 11 is 0. The number of amides is 1. The highest BCUT2D eigenvalue weighted by molar-refractivity contribution is 5.91. The van der Waals surface area contributed by atoms with Crippen LogP contribution in [0.5, 0.6) is 0 Å². The molecule has 3 atom stereocenters. The van der Waals surface area contributed by atoms with E-state index in [-0.39, 0.29) is 18.8 Å². The van der Waals surface area contributed by atoms with Gasteiger partial charge in [-0.1, -0.05) is 20.3 Å². The molecular weight excluding hydrogens is 238 g/mol. The number of primary amides is 1. The first-order valence-corrected chi connectivity index (χ1v) is 5.84. The van der Waals surface area contributed by atoms with Crippen molar-refractivity contribution >= 4 is 17.8 Å². The Kier molecular flexibility index (Phi) is 7.14. The molecule has 0 heterocycles. The van der Waals surface area contributed by atoms with E-state index < -0.39 is 29.9 Å². The van der Waals surface area contributed by atoms with Crippen LogP contribution in [0.3, 0.4) is 0 Å². The highest BCUT2D eigenvalue weighted by Gasteiger charge is 2.26. The van der Waals surface area contributed by atoms with Crippen molar-refractivity contribution in [2.45, 2.75) is 45.2 Å². The third-order valence-electron chi connectivity index (χ3n) is 2.73. The lowest BCUT2D eigenvalue weighted by Crippen LogP contribution is -2.42. The zero-order valence-corrected chi connectivity index (χ0v) is 10.7. The van der Waals surface area contributed by atoms with Crippen LogP contribution in [0.15, 0.2) is 0 Å². The second-order valence-electron chi connectivity index (χ2n) is 4.26. The van der Waals surface area contributed by atoms with Crippen LogP contribution in [-0.4, -0.2) is 29.9 Å². The van der Waals surface area contributed by atoms with Crippen LogP contribution in [0.2, 0.25) is 0 Å². The van der Waals surface area contributed by atoms with Gasteiger partial charge in [0.1, 0.15) is 12.1 Å². The predicted octanol–water partition coefficient (Wildman–Crippen LogP) is -0.978. The fourth-order valence-corrected chi connectivity index (χ4v) is 1.14. The summed E-state index contributed by atoms with van der Waals surface area (Å²) in [5, 5.41) is 0. The maximum atomic E-state index is 11.5. The molecule has 0 bridgehead atoms. The molecule has 0 aliphatic carbocycles. The molecule has 0 aromatic rings. The van der Waals surface area contributed by atoms with E-state index in [9.17, 15) is 14.4 Å². The van der Waals surface area contributed by atoms with Crippen molar-refractivity contribution in [3.8, 4) is 0 Å². The molecule has 0 aliphatic heterocycles. The molecule has 0 spiro atoms. The molecule has 1 amide bonds. The van der Waals surface area contributed by atoms with Gasteiger partial charge in [-0.05, 0) is 12.3 Å². The summed E-state index contributed by atoms with van der Waals surface area (Å²) in [5.41, 5.74) is 16.0. The van der Waals surface area contributed by atoms with Gasteiger partial charge >= 0.3 is 11.9 Å². The number of carbonyl (C=O) groups excluding carboxylic acids is 3. The molecule has 0 rings (SSSR count). The number of carbonyl (C=O) groups is 3. The summed E-state index contributed by atoms with van der Waals surface area (Å²) in [6.07, 6.45) is 0.695. The number of rotatable bonds is 7. The maximum absolute atomic E-state index is 11.5. The standard InChI is InChI=1S/C11H21N3O4/c1-3-6(2)9(14)11(17)18-10(16)7(12)4-5-8(13)15/h6-7,9H,3-5,12,14H2,1-2H3,(H2,13,15)/t6-,7-,9-/m0/s1. The van der Waals surface area contributed by atoms with Crippen LogP contribution >= 0.6 is 0 Å². The van der Waals surface area contributed by atoms with Crippen LogP contribution < -0.4 is 17.2 Å². The van der Waals surface area contributed by atoms with Gasteiger partial charge in [-0.2, -0.15) is 0 Å². The Morgan fingerprint density at radius 2 is 1.72 bits per heavy atom. The lowest BCUT2D eigenvalue weighted by molar-refractivity contribution is -0.162. The van der Waals surface area contributed by atoms with E-state index >= 15 is 0 Å². The molecule has 0 saturated heterocycles. The van der Waals surface area contributed by atoms with Crippen LogP contribution in [0.25, 0.3) is 0 Å². The van der Waals surface area contributed by atoms with E-state index in [2.05, 4.69) is 4.74 Å².